The van der Waals surface area contributed by atoms with E-state index in [0.717, 1.165) is 5.56 Å². The summed E-state index contributed by atoms with van der Waals surface area (Å²) in [6.45, 7) is 0. The number of alkyl halides is 1. The lowest BCUT2D eigenvalue weighted by atomic mass is 9.93. The summed E-state index contributed by atoms with van der Waals surface area (Å²) in [6, 6.07) is 13.3. The van der Waals surface area contributed by atoms with Gasteiger partial charge in [0.15, 0.2) is 18.0 Å². The van der Waals surface area contributed by atoms with Crippen LogP contribution in [0.15, 0.2) is 60.9 Å². The molecule has 1 aliphatic carbocycles. The normalized spacial score (nSPS) is 25.6. The molecule has 14 heteroatoms. The number of nitrogens with two attached hydrogens (primary N) is 1. The first-order chi connectivity index (χ1) is 19.1. The van der Waals surface area contributed by atoms with Gasteiger partial charge in [-0.15, -0.1) is 0 Å². The van der Waals surface area contributed by atoms with E-state index in [0.29, 0.717) is 16.6 Å². The highest BCUT2D eigenvalue weighted by atomic mass is 35.5. The van der Waals surface area contributed by atoms with Crippen LogP contribution in [0.2, 0.25) is 5.28 Å². The number of hydrogen-bond acceptors (Lipinski definition) is 9. The van der Waals surface area contributed by atoms with Crippen molar-refractivity contribution in [1.82, 2.24) is 19.5 Å². The van der Waals surface area contributed by atoms with Crippen LogP contribution >= 0.6 is 11.6 Å². The molecule has 4 aromatic rings. The molecule has 2 aliphatic rings. The van der Waals surface area contributed by atoms with Crippen molar-refractivity contribution in [3.8, 4) is 11.3 Å². The maximum Gasteiger partial charge on any atom is 0.348 e. The van der Waals surface area contributed by atoms with Crippen LogP contribution in [0, 0.1) is 0 Å². The van der Waals surface area contributed by atoms with E-state index in [9.17, 15) is 24.9 Å². The molecule has 1 saturated carbocycles. The Hall–Kier alpha value is -4.17. The van der Waals surface area contributed by atoms with Crippen LogP contribution in [-0.4, -0.2) is 76.4 Å². The predicted molar refractivity (Wildman–Crippen MR) is 137 cm³/mol. The molecule has 1 aliphatic heterocycles. The lowest BCUT2D eigenvalue weighted by Gasteiger charge is -2.29. The number of hydrogen-bond donors (Lipinski definition) is 4. The summed E-state index contributed by atoms with van der Waals surface area (Å²) in [6.07, 6.45) is -3.98. The molecule has 0 radical (unpaired) electrons. The number of fused-ring (bicyclic) bond motifs is 2. The summed E-state index contributed by atoms with van der Waals surface area (Å²) < 4.78 is 28.2. The summed E-state index contributed by atoms with van der Waals surface area (Å²) in [5.74, 6) is -3.56. The second-order valence-corrected chi connectivity index (χ2v) is 9.98. The zero-order chi connectivity index (χ0) is 28.4. The molecule has 12 nitrogen and oxygen atoms in total. The highest BCUT2D eigenvalue weighted by molar-refractivity contribution is 6.28. The smallest absolute Gasteiger partial charge is 0.348 e. The lowest BCUT2D eigenvalue weighted by molar-refractivity contribution is -0.194. The van der Waals surface area contributed by atoms with E-state index >= 15 is 4.39 Å². The number of carboxylic acid groups (broad SMARTS) is 2. The molecule has 2 fully saturated rings. The third kappa shape index (κ3) is 3.89. The van der Waals surface area contributed by atoms with Crippen LogP contribution in [0.25, 0.3) is 22.3 Å². The van der Waals surface area contributed by atoms with Gasteiger partial charge in [-0.2, -0.15) is 4.98 Å². The minimum Gasteiger partial charge on any atom is -0.479 e. The number of halogens is 2. The summed E-state index contributed by atoms with van der Waals surface area (Å²) in [5, 5.41) is 31.2. The summed E-state index contributed by atoms with van der Waals surface area (Å²) in [7, 11) is 0. The molecule has 1 aromatic carbocycles. The molecule has 206 valence electrons. The molecular formula is C26H21ClFN5O7. The maximum absolute atomic E-state index is 15.7. The summed E-state index contributed by atoms with van der Waals surface area (Å²) >= 11 is 5.89. The number of rotatable bonds is 8. The van der Waals surface area contributed by atoms with E-state index in [1.54, 1.807) is 42.6 Å². The Kier molecular flexibility index (Phi) is 6.00. The standard InChI is InChI=1S/C26H21ClFN5O7/c27-24-31-19(29)14-8-10-33(20(14)32-24)21-16(28)26(38)17(39-21)18(26)40-25(22(34)35,23(36)37)11-12-4-6-13(7-5-12)15-3-1-2-9-30-15/h1-10,16-18,21,38H,11H2,(H,34,35)(H,36,37)(H2,29,31,32)/t16-,17-,18?,21-,26+/m1/s1. The lowest BCUT2D eigenvalue weighted by Crippen LogP contribution is -2.53. The zero-order valence-electron chi connectivity index (χ0n) is 20.4. The van der Waals surface area contributed by atoms with E-state index in [-0.39, 0.29) is 16.7 Å². The van der Waals surface area contributed by atoms with Gasteiger partial charge in [0, 0.05) is 24.4 Å². The number of aromatic nitrogens is 4. The topological polar surface area (TPSA) is 183 Å². The Bertz CT molecular complexity index is 1620. The van der Waals surface area contributed by atoms with Gasteiger partial charge >= 0.3 is 11.9 Å². The van der Waals surface area contributed by atoms with Gasteiger partial charge in [0.1, 0.15) is 23.7 Å². The van der Waals surface area contributed by atoms with Gasteiger partial charge in [-0.25, -0.2) is 19.0 Å². The summed E-state index contributed by atoms with van der Waals surface area (Å²) in [5.41, 5.74) is 2.61. The van der Waals surface area contributed by atoms with Crippen LogP contribution in [-0.2, 0) is 25.5 Å². The second kappa shape index (κ2) is 9.20. The Morgan fingerprint density at radius 2 is 1.88 bits per heavy atom. The van der Waals surface area contributed by atoms with Crippen molar-refractivity contribution < 1.29 is 38.8 Å². The van der Waals surface area contributed by atoms with Crippen LogP contribution < -0.4 is 5.73 Å². The molecule has 5 N–H and O–H groups in total. The van der Waals surface area contributed by atoms with Crippen LogP contribution in [0.5, 0.6) is 0 Å². The van der Waals surface area contributed by atoms with E-state index in [4.69, 9.17) is 26.8 Å². The van der Waals surface area contributed by atoms with E-state index in [2.05, 4.69) is 15.0 Å². The van der Waals surface area contributed by atoms with Crippen molar-refractivity contribution in [2.24, 2.45) is 0 Å². The quantitative estimate of drug-likeness (QED) is 0.180. The average Bonchev–Trinajstić information content (AvgIpc) is 3.17. The number of carboxylic acids is 2. The summed E-state index contributed by atoms with van der Waals surface area (Å²) in [4.78, 5) is 36.8. The molecule has 6 rings (SSSR count). The maximum atomic E-state index is 15.7. The van der Waals surface area contributed by atoms with E-state index in [1.807, 2.05) is 6.07 Å². The Morgan fingerprint density at radius 3 is 2.48 bits per heavy atom. The van der Waals surface area contributed by atoms with Gasteiger partial charge in [-0.1, -0.05) is 30.3 Å². The van der Waals surface area contributed by atoms with Crippen molar-refractivity contribution in [3.63, 3.8) is 0 Å². The first kappa shape index (κ1) is 26.1. The number of aliphatic carboxylic acids is 2. The number of carbonyl (C=O) groups is 2. The molecule has 1 saturated heterocycles. The number of benzene rings is 1. The first-order valence-electron chi connectivity index (χ1n) is 12.0. The molecule has 4 heterocycles. The van der Waals surface area contributed by atoms with Crippen molar-refractivity contribution >= 4 is 40.4 Å². The van der Waals surface area contributed by atoms with Gasteiger partial charge in [-0.3, -0.25) is 4.98 Å². The first-order valence-corrected chi connectivity index (χ1v) is 12.4. The number of anilines is 1. The average molecular weight is 570 g/mol. The minimum atomic E-state index is -2.83. The van der Waals surface area contributed by atoms with Gasteiger partial charge in [0.05, 0.1) is 11.1 Å². The van der Waals surface area contributed by atoms with E-state index < -0.39 is 54.2 Å². The molecule has 0 spiro atoms. The Morgan fingerprint density at radius 1 is 1.15 bits per heavy atom. The molecule has 0 bridgehead atoms. The van der Waals surface area contributed by atoms with E-state index in [1.165, 1.54) is 16.8 Å². The number of nitrogen functional groups attached to an aromatic ring is 1. The van der Waals surface area contributed by atoms with Crippen LogP contribution in [0.1, 0.15) is 11.8 Å². The molecular weight excluding hydrogens is 549 g/mol. The Balaban J connectivity index is 1.24. The fourth-order valence-electron chi connectivity index (χ4n) is 5.09. The number of aliphatic hydroxyl groups is 1. The van der Waals surface area contributed by atoms with Crippen molar-refractivity contribution in [2.45, 2.75) is 42.2 Å². The number of nitrogens with zero attached hydrogens (tertiary/aromatic N) is 4. The largest absolute Gasteiger partial charge is 0.479 e. The third-order valence-corrected chi connectivity index (χ3v) is 7.46. The highest BCUT2D eigenvalue weighted by Gasteiger charge is 2.80. The Labute approximate surface area is 229 Å². The molecule has 3 aromatic heterocycles. The van der Waals surface area contributed by atoms with Crippen molar-refractivity contribution in [2.75, 3.05) is 5.73 Å². The number of ether oxygens (including phenoxy) is 2. The van der Waals surface area contributed by atoms with Crippen molar-refractivity contribution in [1.29, 1.82) is 0 Å². The minimum absolute atomic E-state index is 0.0630. The molecule has 5 atom stereocenters. The highest BCUT2D eigenvalue weighted by Crippen LogP contribution is 2.58. The number of pyridine rings is 1. The molecule has 40 heavy (non-hydrogen) atoms. The fraction of sp³-hybridized carbons (Fsp3) is 0.269. The molecule has 0 amide bonds. The van der Waals surface area contributed by atoms with Crippen LogP contribution in [0.4, 0.5) is 10.2 Å². The monoisotopic (exact) mass is 569 g/mol. The zero-order valence-corrected chi connectivity index (χ0v) is 21.1. The van der Waals surface area contributed by atoms with Crippen molar-refractivity contribution in [3.05, 3.63) is 71.8 Å². The predicted octanol–water partition coefficient (Wildman–Crippen LogP) is 2.24. The van der Waals surface area contributed by atoms with Gasteiger partial charge in [-0.05, 0) is 35.4 Å². The van der Waals surface area contributed by atoms with Gasteiger partial charge in [0.2, 0.25) is 5.28 Å². The molecule has 1 unspecified atom stereocenters. The van der Waals surface area contributed by atoms with Gasteiger partial charge < -0.3 is 35.1 Å². The fourth-order valence-corrected chi connectivity index (χ4v) is 5.26. The SMILES string of the molecule is Nc1nc(Cl)nc2c1ccn2[C@@H]1O[C@@H]2C(OC(Cc3ccc(-c4ccccn4)cc3)(C(=O)O)C(=O)O)[C@]2(O)[C@@H]1F. The van der Waals surface area contributed by atoms with Gasteiger partial charge in [0.25, 0.3) is 5.60 Å². The van der Waals surface area contributed by atoms with Crippen LogP contribution in [0.3, 0.4) is 0 Å². The third-order valence-electron chi connectivity index (χ3n) is 7.29. The second-order valence-electron chi connectivity index (χ2n) is 9.64.